The fourth-order valence-corrected chi connectivity index (χ4v) is 6.56. The molecule has 0 amide bonds. The molecule has 10 nitrogen and oxygen atoms in total. The largest absolute Gasteiger partial charge is 0.493 e. The molecule has 0 saturated carbocycles. The summed E-state index contributed by atoms with van der Waals surface area (Å²) in [5.74, 6) is 3.98. The van der Waals surface area contributed by atoms with Crippen LogP contribution in [0.2, 0.25) is 0 Å². The number of fused-ring (bicyclic) bond motifs is 3. The van der Waals surface area contributed by atoms with Crippen LogP contribution in [-0.4, -0.2) is 53.4 Å². The molecule has 7 rings (SSSR count). The maximum absolute atomic E-state index is 11.7. The highest BCUT2D eigenvalue weighted by Crippen LogP contribution is 2.51. The van der Waals surface area contributed by atoms with Crippen molar-refractivity contribution in [2.24, 2.45) is 5.34 Å². The number of likely N-dealkylation sites (N-methyl/N-ethyl adjacent to an activating group) is 2. The Labute approximate surface area is 275 Å². The fourth-order valence-electron chi connectivity index (χ4n) is 6.56. The lowest BCUT2D eigenvalue weighted by Crippen LogP contribution is -2.34. The Morgan fingerprint density at radius 3 is 2.30 bits per heavy atom. The zero-order valence-electron chi connectivity index (χ0n) is 27.6. The zero-order chi connectivity index (χ0) is 32.9. The zero-order valence-corrected chi connectivity index (χ0v) is 27.6. The minimum atomic E-state index is -0.145. The first kappa shape index (κ1) is 32.2. The molecule has 3 aliphatic heterocycles. The Bertz CT molecular complexity index is 1740. The number of hydrogen-bond acceptors (Lipinski definition) is 10. The molecular weight excluding hydrogens is 598 g/mol. The molecule has 4 aromatic carbocycles. The molecule has 0 aromatic heterocycles. The van der Waals surface area contributed by atoms with Gasteiger partial charge in [0, 0.05) is 18.2 Å². The van der Waals surface area contributed by atoms with Crippen LogP contribution in [0, 0.1) is 4.91 Å². The first-order valence-electron chi connectivity index (χ1n) is 15.9. The number of methoxy groups -OCH3 is 3. The third-order valence-electron chi connectivity index (χ3n) is 9.11. The van der Waals surface area contributed by atoms with E-state index in [9.17, 15) is 4.91 Å². The average Bonchev–Trinajstić information content (AvgIpc) is 3.09. The number of aryl methyl sites for hydroxylation is 2. The summed E-state index contributed by atoms with van der Waals surface area (Å²) in [5, 5.41) is 6.07. The predicted molar refractivity (Wildman–Crippen MR) is 180 cm³/mol. The van der Waals surface area contributed by atoms with Gasteiger partial charge in [-0.1, -0.05) is 18.2 Å². The van der Waals surface area contributed by atoms with Crippen LogP contribution >= 0.6 is 0 Å². The minimum absolute atomic E-state index is 0.122. The van der Waals surface area contributed by atoms with Gasteiger partial charge in [0.15, 0.2) is 39.8 Å². The third-order valence-corrected chi connectivity index (χ3v) is 9.11. The van der Waals surface area contributed by atoms with Gasteiger partial charge in [0.2, 0.25) is 5.75 Å². The number of benzene rings is 4. The van der Waals surface area contributed by atoms with Crippen molar-refractivity contribution in [3.8, 4) is 46.0 Å². The van der Waals surface area contributed by atoms with E-state index in [2.05, 4.69) is 34.7 Å². The molecule has 0 aliphatic carbocycles. The molecule has 0 unspecified atom stereocenters. The monoisotopic (exact) mass is 639 g/mol. The Balaban J connectivity index is 1.58. The van der Waals surface area contributed by atoms with E-state index in [4.69, 9.17) is 28.5 Å². The number of ether oxygens (including phenoxy) is 5. The van der Waals surface area contributed by atoms with Crippen molar-refractivity contribution in [1.82, 2.24) is 10.2 Å². The van der Waals surface area contributed by atoms with Crippen LogP contribution in [-0.2, 0) is 32.1 Å². The molecule has 0 spiro atoms. The summed E-state index contributed by atoms with van der Waals surface area (Å²) in [6.07, 6.45) is 3.77. The highest BCUT2D eigenvalue weighted by Gasteiger charge is 2.34. The van der Waals surface area contributed by atoms with Gasteiger partial charge in [-0.3, -0.25) is 4.90 Å². The third kappa shape index (κ3) is 6.70. The number of nitrogens with one attached hydrogen (secondary N) is 1. The van der Waals surface area contributed by atoms with Crippen LogP contribution in [0.5, 0.6) is 46.0 Å². The summed E-state index contributed by atoms with van der Waals surface area (Å²) in [5.41, 5.74) is 6.46. The van der Waals surface area contributed by atoms with E-state index in [1.807, 2.05) is 55.6 Å². The van der Waals surface area contributed by atoms with E-state index in [0.717, 1.165) is 66.8 Å². The van der Waals surface area contributed by atoms with Gasteiger partial charge in [-0.25, -0.2) is 0 Å². The van der Waals surface area contributed by atoms with Crippen molar-refractivity contribution in [3.63, 3.8) is 0 Å². The second kappa shape index (κ2) is 14.3. The fraction of sp³-hybridized carbons (Fsp3) is 0.351. The molecule has 1 atom stereocenters. The summed E-state index contributed by atoms with van der Waals surface area (Å²) in [6.45, 7) is 1.62. The molecule has 47 heavy (non-hydrogen) atoms. The molecule has 6 bridgehead atoms. The summed E-state index contributed by atoms with van der Waals surface area (Å²) in [6, 6.07) is 20.1. The van der Waals surface area contributed by atoms with Crippen molar-refractivity contribution in [3.05, 3.63) is 99.0 Å². The Hall–Kier alpha value is -4.80. The van der Waals surface area contributed by atoms with E-state index >= 15 is 0 Å². The van der Waals surface area contributed by atoms with Crippen molar-refractivity contribution in [2.45, 2.75) is 38.1 Å². The molecule has 0 saturated heterocycles. The van der Waals surface area contributed by atoms with E-state index in [-0.39, 0.29) is 11.8 Å². The standard InChI is InChI=1S/C37H41N3O7/c1-38-16-14-26-20-31(43-4)33-21-25(26)10-6-23-7-11-28(12-8-23)45-32-19-24(9-13-30(32)42-3)18-29-35-27(15-17-40(29)2)22-34(44-5)36(47-39-41)37(35)46-33/h7-9,11-13,19-22,29,38H,6,10,14-18H2,1-5H3/t29-/m0/s1. The molecular formula is C37H41N3O7. The second-order valence-electron chi connectivity index (χ2n) is 11.9. The van der Waals surface area contributed by atoms with Crippen LogP contribution in [0.3, 0.4) is 0 Å². The van der Waals surface area contributed by atoms with Gasteiger partial charge < -0.3 is 33.8 Å². The van der Waals surface area contributed by atoms with Crippen LogP contribution in [0.15, 0.2) is 66.0 Å². The van der Waals surface area contributed by atoms with E-state index in [1.165, 1.54) is 11.1 Å². The van der Waals surface area contributed by atoms with Gasteiger partial charge in [0.25, 0.3) is 0 Å². The summed E-state index contributed by atoms with van der Waals surface area (Å²) >= 11 is 0. The molecule has 10 heteroatoms. The summed E-state index contributed by atoms with van der Waals surface area (Å²) in [4.78, 5) is 19.3. The van der Waals surface area contributed by atoms with Gasteiger partial charge in [0.1, 0.15) is 5.75 Å². The maximum atomic E-state index is 11.7. The first-order chi connectivity index (χ1) is 23.0. The lowest BCUT2D eigenvalue weighted by molar-refractivity contribution is 0.219. The number of nitrogens with zero attached hydrogens (tertiary/aromatic N) is 2. The normalized spacial score (nSPS) is 15.7. The van der Waals surface area contributed by atoms with Gasteiger partial charge in [-0.15, -0.1) is 4.91 Å². The maximum Gasteiger partial charge on any atom is 0.245 e. The van der Waals surface area contributed by atoms with Gasteiger partial charge >= 0.3 is 0 Å². The van der Waals surface area contributed by atoms with Crippen molar-refractivity contribution < 1.29 is 28.5 Å². The molecule has 1 N–H and O–H groups in total. The highest BCUT2D eigenvalue weighted by atomic mass is 16.7. The van der Waals surface area contributed by atoms with Crippen LogP contribution in [0.1, 0.15) is 39.4 Å². The van der Waals surface area contributed by atoms with Crippen molar-refractivity contribution in [2.75, 3.05) is 48.5 Å². The molecule has 3 heterocycles. The average molecular weight is 640 g/mol. The van der Waals surface area contributed by atoms with Gasteiger partial charge in [-0.2, -0.15) is 0 Å². The summed E-state index contributed by atoms with van der Waals surface area (Å²) in [7, 11) is 8.85. The Kier molecular flexibility index (Phi) is 9.79. The minimum Gasteiger partial charge on any atom is -0.493 e. The van der Waals surface area contributed by atoms with Crippen LogP contribution < -0.4 is 33.8 Å². The second-order valence-corrected chi connectivity index (χ2v) is 11.9. The van der Waals surface area contributed by atoms with Crippen LogP contribution in [0.25, 0.3) is 0 Å². The van der Waals surface area contributed by atoms with Crippen LogP contribution in [0.4, 0.5) is 0 Å². The Morgan fingerprint density at radius 1 is 0.830 bits per heavy atom. The van der Waals surface area contributed by atoms with Gasteiger partial charge in [0.05, 0.1) is 21.3 Å². The quantitative estimate of drug-likeness (QED) is 0.162. The SMILES string of the molecule is CNCCc1cc(OC)c2cc1CCc1ccc(cc1)Oc1cc(ccc1OC)C[C@H]1c3c(cc(OC)c(ON=O)c3O2)CCN1C. The summed E-state index contributed by atoms with van der Waals surface area (Å²) < 4.78 is 30.5. The molecule has 4 aromatic rings. The number of rotatable bonds is 8. The molecule has 3 aliphatic rings. The lowest BCUT2D eigenvalue weighted by Gasteiger charge is -2.36. The lowest BCUT2D eigenvalue weighted by atomic mass is 9.87. The highest BCUT2D eigenvalue weighted by molar-refractivity contribution is 5.63. The molecule has 0 fully saturated rings. The van der Waals surface area contributed by atoms with Crippen molar-refractivity contribution >= 4 is 0 Å². The van der Waals surface area contributed by atoms with Gasteiger partial charge in [-0.05, 0) is 123 Å². The molecule has 0 radical (unpaired) electrons. The molecule has 246 valence electrons. The smallest absolute Gasteiger partial charge is 0.245 e. The number of hydrogen-bond donors (Lipinski definition) is 1. The predicted octanol–water partition coefficient (Wildman–Crippen LogP) is 6.99. The topological polar surface area (TPSA) is 100 Å². The van der Waals surface area contributed by atoms with E-state index < -0.39 is 0 Å². The van der Waals surface area contributed by atoms with Crippen molar-refractivity contribution in [1.29, 1.82) is 0 Å². The Morgan fingerprint density at radius 2 is 1.57 bits per heavy atom. The first-order valence-corrected chi connectivity index (χ1v) is 15.9. The van der Waals surface area contributed by atoms with E-state index in [1.54, 1.807) is 21.3 Å². The van der Waals surface area contributed by atoms with E-state index in [0.29, 0.717) is 40.9 Å².